The molecule has 3 aromatic heterocycles. The molecule has 2 aliphatic rings. The molecule has 0 spiro atoms. The molecule has 0 aliphatic carbocycles. The Hall–Kier alpha value is -3.79. The Labute approximate surface area is 230 Å². The van der Waals surface area contributed by atoms with Gasteiger partial charge in [-0.15, -0.1) is 0 Å². The number of aromatic hydroxyl groups is 1. The summed E-state index contributed by atoms with van der Waals surface area (Å²) in [6.07, 6.45) is 6.29. The van der Waals surface area contributed by atoms with Crippen molar-refractivity contribution in [1.82, 2.24) is 24.5 Å². The molecule has 0 radical (unpaired) electrons. The van der Waals surface area contributed by atoms with Gasteiger partial charge in [0.1, 0.15) is 11.4 Å². The smallest absolute Gasteiger partial charge is 0.182 e. The number of rotatable bonds is 4. The molecule has 1 fully saturated rings. The zero-order valence-corrected chi connectivity index (χ0v) is 22.5. The summed E-state index contributed by atoms with van der Waals surface area (Å²) in [6, 6.07) is 17.3. The lowest BCUT2D eigenvalue weighted by atomic mass is 9.99. The normalized spacial score (nSPS) is 20.8. The van der Waals surface area contributed by atoms with E-state index in [4.69, 9.17) is 21.7 Å². The number of likely N-dealkylation sites (N-methyl/N-ethyl adjacent to an activating group) is 1. The number of halogens is 1. The van der Waals surface area contributed by atoms with Crippen LogP contribution in [0.25, 0.3) is 28.0 Å². The van der Waals surface area contributed by atoms with Crippen LogP contribution in [0.15, 0.2) is 84.1 Å². The molecule has 196 valence electrons. The molecule has 1 saturated heterocycles. The minimum absolute atomic E-state index is 0.0283. The van der Waals surface area contributed by atoms with Crippen molar-refractivity contribution < 1.29 is 13.5 Å². The summed E-state index contributed by atoms with van der Waals surface area (Å²) in [7, 11) is -1.54. The first-order valence-electron chi connectivity index (χ1n) is 12.7. The predicted octanol–water partition coefficient (Wildman–Crippen LogP) is 4.96. The first-order chi connectivity index (χ1) is 18.8. The number of pyridine rings is 1. The average molecular weight is 558 g/mol. The number of nitrogens with zero attached hydrogens (tertiary/aromatic N) is 5. The summed E-state index contributed by atoms with van der Waals surface area (Å²) in [6.45, 7) is 0. The van der Waals surface area contributed by atoms with Crippen LogP contribution in [0.5, 0.6) is 5.75 Å². The van der Waals surface area contributed by atoms with E-state index in [1.807, 2.05) is 42.0 Å². The van der Waals surface area contributed by atoms with Gasteiger partial charge in [-0.05, 0) is 67.4 Å². The number of fused-ring (bicyclic) bond motifs is 6. The van der Waals surface area contributed by atoms with Crippen molar-refractivity contribution in [1.29, 1.82) is 0 Å². The number of sulfone groups is 1. The van der Waals surface area contributed by atoms with E-state index in [1.165, 1.54) is 0 Å². The van der Waals surface area contributed by atoms with Crippen molar-refractivity contribution in [2.45, 2.75) is 35.1 Å². The molecular weight excluding hydrogens is 534 g/mol. The van der Waals surface area contributed by atoms with Gasteiger partial charge in [0, 0.05) is 30.2 Å². The van der Waals surface area contributed by atoms with Crippen LogP contribution in [0.4, 0.5) is 0 Å². The van der Waals surface area contributed by atoms with E-state index < -0.39 is 15.1 Å². The molecule has 5 aromatic rings. The molecule has 5 heterocycles. The topological polar surface area (TPSA) is 101 Å². The van der Waals surface area contributed by atoms with E-state index in [9.17, 15) is 13.5 Å². The second-order valence-corrected chi connectivity index (χ2v) is 12.7. The van der Waals surface area contributed by atoms with Gasteiger partial charge >= 0.3 is 0 Å². The molecule has 3 unspecified atom stereocenters. The Morgan fingerprint density at radius 3 is 2.54 bits per heavy atom. The Bertz CT molecular complexity index is 1840. The van der Waals surface area contributed by atoms with Crippen LogP contribution in [-0.2, 0) is 16.3 Å². The summed E-state index contributed by atoms with van der Waals surface area (Å²) in [5, 5.41) is 15.2. The SMILES string of the molecule is CN1C2CC(S(=O)(=O)c3ccccc3)C1Cc1cnc3c(-c4ccc(Cl)c(O)c4)c(-c4ccncc4)nn3c12. The largest absolute Gasteiger partial charge is 0.506 e. The molecule has 8 nitrogen and oxygen atoms in total. The first kappa shape index (κ1) is 24.3. The number of hydrogen-bond acceptors (Lipinski definition) is 7. The second-order valence-electron chi connectivity index (χ2n) is 10.1. The lowest BCUT2D eigenvalue weighted by Crippen LogP contribution is -2.42. The fourth-order valence-corrected chi connectivity index (χ4v) is 8.30. The molecule has 2 aliphatic heterocycles. The van der Waals surface area contributed by atoms with Gasteiger partial charge in [-0.25, -0.2) is 17.9 Å². The third-order valence-corrected chi connectivity index (χ3v) is 10.6. The van der Waals surface area contributed by atoms with Gasteiger partial charge in [0.05, 0.1) is 32.5 Å². The molecule has 0 amide bonds. The third kappa shape index (κ3) is 3.68. The number of phenolic OH excluding ortho intramolecular Hbond substituents is 1. The Morgan fingerprint density at radius 2 is 1.79 bits per heavy atom. The van der Waals surface area contributed by atoms with Gasteiger partial charge in [0.15, 0.2) is 15.5 Å². The molecule has 3 atom stereocenters. The van der Waals surface area contributed by atoms with Gasteiger partial charge in [0.2, 0.25) is 0 Å². The molecule has 1 N–H and O–H groups in total. The fourth-order valence-electron chi connectivity index (χ4n) is 6.16. The van der Waals surface area contributed by atoms with Crippen LogP contribution in [-0.4, -0.2) is 56.3 Å². The number of hydrogen-bond donors (Lipinski definition) is 1. The minimum Gasteiger partial charge on any atom is -0.506 e. The van der Waals surface area contributed by atoms with Crippen molar-refractivity contribution in [2.24, 2.45) is 0 Å². The molecule has 2 aromatic carbocycles. The molecule has 2 bridgehead atoms. The second kappa shape index (κ2) is 8.87. The average Bonchev–Trinajstić information content (AvgIpc) is 3.43. The fraction of sp³-hybridized carbons (Fsp3) is 0.207. The Balaban J connectivity index is 1.42. The summed E-state index contributed by atoms with van der Waals surface area (Å²) in [5.74, 6) is -0.0283. The maximum atomic E-state index is 13.7. The molecular formula is C29H24ClN5O3S. The zero-order chi connectivity index (χ0) is 26.9. The number of phenols is 1. The van der Waals surface area contributed by atoms with Crippen LogP contribution >= 0.6 is 11.6 Å². The van der Waals surface area contributed by atoms with Crippen molar-refractivity contribution in [3.8, 4) is 28.1 Å². The highest BCUT2D eigenvalue weighted by Gasteiger charge is 2.51. The molecule has 0 saturated carbocycles. The van der Waals surface area contributed by atoms with Crippen molar-refractivity contribution in [3.63, 3.8) is 0 Å². The highest BCUT2D eigenvalue weighted by molar-refractivity contribution is 7.92. The molecule has 7 rings (SSSR count). The quantitative estimate of drug-likeness (QED) is 0.333. The van der Waals surface area contributed by atoms with Crippen molar-refractivity contribution in [2.75, 3.05) is 7.05 Å². The van der Waals surface area contributed by atoms with Gasteiger partial charge in [-0.3, -0.25) is 9.88 Å². The van der Waals surface area contributed by atoms with Crippen LogP contribution in [0, 0.1) is 0 Å². The van der Waals surface area contributed by atoms with Crippen LogP contribution in [0.2, 0.25) is 5.02 Å². The summed E-state index contributed by atoms with van der Waals surface area (Å²) in [4.78, 5) is 11.5. The Kier molecular flexibility index (Phi) is 5.52. The van der Waals surface area contributed by atoms with Crippen molar-refractivity contribution in [3.05, 3.63) is 95.5 Å². The van der Waals surface area contributed by atoms with E-state index in [2.05, 4.69) is 9.88 Å². The van der Waals surface area contributed by atoms with Crippen LogP contribution in [0.1, 0.15) is 23.7 Å². The van der Waals surface area contributed by atoms with E-state index in [1.54, 1.807) is 48.8 Å². The van der Waals surface area contributed by atoms with Crippen LogP contribution in [0.3, 0.4) is 0 Å². The van der Waals surface area contributed by atoms with Gasteiger partial charge in [-0.2, -0.15) is 5.10 Å². The van der Waals surface area contributed by atoms with Gasteiger partial charge in [-0.1, -0.05) is 35.9 Å². The monoisotopic (exact) mass is 557 g/mol. The third-order valence-electron chi connectivity index (χ3n) is 8.06. The Morgan fingerprint density at radius 1 is 1.03 bits per heavy atom. The summed E-state index contributed by atoms with van der Waals surface area (Å²) >= 11 is 6.12. The molecule has 10 heteroatoms. The summed E-state index contributed by atoms with van der Waals surface area (Å²) in [5.41, 5.74) is 5.60. The van der Waals surface area contributed by atoms with Crippen LogP contribution < -0.4 is 0 Å². The van der Waals surface area contributed by atoms with E-state index in [0.717, 1.165) is 27.9 Å². The highest BCUT2D eigenvalue weighted by atomic mass is 35.5. The van der Waals surface area contributed by atoms with Crippen molar-refractivity contribution >= 4 is 27.1 Å². The molecule has 39 heavy (non-hydrogen) atoms. The minimum atomic E-state index is -3.53. The highest BCUT2D eigenvalue weighted by Crippen LogP contribution is 2.47. The predicted molar refractivity (Wildman–Crippen MR) is 148 cm³/mol. The standard InChI is InChI=1S/C29H24ClN5O3S/c1-34-22-13-19-16-32-29-26(18-7-8-21(30)24(36)14-18)27(17-9-11-31-12-10-17)33-35(29)28(19)23(34)15-25(22)39(37,38)20-5-3-2-4-6-20/h2-12,14,16,22-23,25,36H,13,15H2,1H3. The van der Waals surface area contributed by atoms with Gasteiger partial charge in [0.25, 0.3) is 0 Å². The maximum absolute atomic E-state index is 13.7. The van der Waals surface area contributed by atoms with E-state index in [-0.39, 0.29) is 22.9 Å². The number of aromatic nitrogens is 4. The lowest BCUT2D eigenvalue weighted by molar-refractivity contribution is 0.217. The van der Waals surface area contributed by atoms with E-state index in [0.29, 0.717) is 29.1 Å². The number of benzene rings is 2. The maximum Gasteiger partial charge on any atom is 0.182 e. The van der Waals surface area contributed by atoms with E-state index >= 15 is 0 Å². The first-order valence-corrected chi connectivity index (χ1v) is 14.6. The lowest BCUT2D eigenvalue weighted by Gasteiger charge is -2.33. The summed E-state index contributed by atoms with van der Waals surface area (Å²) < 4.78 is 29.3. The van der Waals surface area contributed by atoms with Gasteiger partial charge < -0.3 is 5.11 Å². The zero-order valence-electron chi connectivity index (χ0n) is 20.9.